The zero-order chi connectivity index (χ0) is 16.5. The Labute approximate surface area is 141 Å². The minimum atomic E-state index is -0.456. The maximum Gasteiger partial charge on any atom is 0.321 e. The maximum atomic E-state index is 12.2. The summed E-state index contributed by atoms with van der Waals surface area (Å²) in [4.78, 5) is 21.0. The number of H-pyrrole nitrogens is 1. The van der Waals surface area contributed by atoms with Crippen LogP contribution in [-0.2, 0) is 0 Å². The third-order valence-electron chi connectivity index (χ3n) is 3.55. The molecule has 3 aromatic heterocycles. The molecule has 24 heavy (non-hydrogen) atoms. The first-order valence-electron chi connectivity index (χ1n) is 7.24. The van der Waals surface area contributed by atoms with E-state index in [1.807, 2.05) is 23.6 Å². The highest BCUT2D eigenvalue weighted by Gasteiger charge is 2.15. The fraction of sp³-hybridized carbons (Fsp3) is 0. The van der Waals surface area contributed by atoms with Crippen molar-refractivity contribution in [2.75, 3.05) is 5.32 Å². The number of benzene rings is 1. The first kappa shape index (κ1) is 14.4. The van der Waals surface area contributed by atoms with Crippen LogP contribution in [0.2, 0.25) is 0 Å². The zero-order valence-corrected chi connectivity index (χ0v) is 13.2. The number of aromatic amines is 1. The van der Waals surface area contributed by atoms with Gasteiger partial charge < -0.3 is 15.5 Å². The standard InChI is InChI=1S/C17H12N4O2S/c22-17(14-4-1-2-8-21(14)23)18-11-6-7-12-13(10-11)20-16(19-12)15-5-3-9-24-15/h1-10H,(H,18,22)(H,19,20). The van der Waals surface area contributed by atoms with E-state index in [4.69, 9.17) is 0 Å². The normalized spacial score (nSPS) is 10.8. The summed E-state index contributed by atoms with van der Waals surface area (Å²) >= 11 is 1.60. The van der Waals surface area contributed by atoms with E-state index in [9.17, 15) is 10.0 Å². The van der Waals surface area contributed by atoms with Gasteiger partial charge in [-0.25, -0.2) is 4.98 Å². The lowest BCUT2D eigenvalue weighted by Crippen LogP contribution is -2.36. The summed E-state index contributed by atoms with van der Waals surface area (Å²) in [6, 6.07) is 14.1. The lowest BCUT2D eigenvalue weighted by molar-refractivity contribution is -0.607. The predicted molar refractivity (Wildman–Crippen MR) is 92.8 cm³/mol. The van der Waals surface area contributed by atoms with Crippen LogP contribution in [0.25, 0.3) is 21.7 Å². The number of aromatic nitrogens is 3. The number of thiophene rings is 1. The van der Waals surface area contributed by atoms with Crippen molar-refractivity contribution in [1.29, 1.82) is 0 Å². The number of hydrogen-bond donors (Lipinski definition) is 2. The molecule has 0 fully saturated rings. The summed E-state index contributed by atoms with van der Waals surface area (Å²) in [7, 11) is 0. The Morgan fingerprint density at radius 1 is 1.21 bits per heavy atom. The Morgan fingerprint density at radius 3 is 2.92 bits per heavy atom. The van der Waals surface area contributed by atoms with E-state index >= 15 is 0 Å². The van der Waals surface area contributed by atoms with Gasteiger partial charge in [0.25, 0.3) is 5.69 Å². The number of hydrogen-bond acceptors (Lipinski definition) is 4. The number of fused-ring (bicyclic) bond motifs is 1. The highest BCUT2D eigenvalue weighted by Crippen LogP contribution is 2.26. The van der Waals surface area contributed by atoms with Gasteiger partial charge in [0.2, 0.25) is 0 Å². The van der Waals surface area contributed by atoms with Crippen molar-refractivity contribution in [2.45, 2.75) is 0 Å². The molecule has 118 valence electrons. The molecular weight excluding hydrogens is 324 g/mol. The maximum absolute atomic E-state index is 12.2. The van der Waals surface area contributed by atoms with Crippen LogP contribution in [0.4, 0.5) is 5.69 Å². The number of amides is 1. The van der Waals surface area contributed by atoms with E-state index in [-0.39, 0.29) is 5.69 Å². The molecule has 0 aliphatic carbocycles. The van der Waals surface area contributed by atoms with Crippen molar-refractivity contribution in [2.24, 2.45) is 0 Å². The molecule has 7 heteroatoms. The van der Waals surface area contributed by atoms with Crippen LogP contribution in [0.1, 0.15) is 10.5 Å². The number of anilines is 1. The average Bonchev–Trinajstić information content (AvgIpc) is 3.24. The molecule has 0 aliphatic heterocycles. The minimum absolute atomic E-state index is 0.0430. The number of pyridine rings is 1. The number of carbonyl (C=O) groups is 1. The number of nitrogens with zero attached hydrogens (tertiary/aromatic N) is 2. The summed E-state index contributed by atoms with van der Waals surface area (Å²) in [6.45, 7) is 0. The van der Waals surface area contributed by atoms with Crippen molar-refractivity contribution in [3.63, 3.8) is 0 Å². The first-order valence-corrected chi connectivity index (χ1v) is 8.12. The van der Waals surface area contributed by atoms with E-state index in [0.29, 0.717) is 10.4 Å². The Hall–Kier alpha value is -3.19. The highest BCUT2D eigenvalue weighted by atomic mass is 32.1. The lowest BCUT2D eigenvalue weighted by Gasteiger charge is -2.05. The van der Waals surface area contributed by atoms with Crippen molar-refractivity contribution >= 4 is 34.0 Å². The van der Waals surface area contributed by atoms with Gasteiger partial charge >= 0.3 is 5.91 Å². The molecule has 0 saturated heterocycles. The molecule has 0 aliphatic rings. The van der Waals surface area contributed by atoms with Crippen LogP contribution in [0.5, 0.6) is 0 Å². The summed E-state index contributed by atoms with van der Waals surface area (Å²) in [6.07, 6.45) is 1.29. The van der Waals surface area contributed by atoms with Gasteiger partial charge in [0.15, 0.2) is 6.20 Å². The summed E-state index contributed by atoms with van der Waals surface area (Å²) in [5, 5.41) is 16.4. The number of carbonyl (C=O) groups excluding carboxylic acids is 1. The van der Waals surface area contributed by atoms with Crippen molar-refractivity contribution < 1.29 is 9.52 Å². The van der Waals surface area contributed by atoms with Gasteiger partial charge in [-0.3, -0.25) is 4.79 Å². The third kappa shape index (κ3) is 2.61. The molecule has 6 nitrogen and oxygen atoms in total. The minimum Gasteiger partial charge on any atom is -0.618 e. The predicted octanol–water partition coefficient (Wildman–Crippen LogP) is 3.18. The number of rotatable bonds is 3. The second-order valence-electron chi connectivity index (χ2n) is 5.16. The fourth-order valence-electron chi connectivity index (χ4n) is 2.42. The van der Waals surface area contributed by atoms with Gasteiger partial charge in [-0.15, -0.1) is 11.3 Å². The lowest BCUT2D eigenvalue weighted by atomic mass is 10.2. The molecule has 0 unspecified atom stereocenters. The fourth-order valence-corrected chi connectivity index (χ4v) is 3.09. The molecule has 3 heterocycles. The highest BCUT2D eigenvalue weighted by molar-refractivity contribution is 7.13. The largest absolute Gasteiger partial charge is 0.618 e. The van der Waals surface area contributed by atoms with Gasteiger partial charge in [0, 0.05) is 17.8 Å². The van der Waals surface area contributed by atoms with Crippen LogP contribution in [0.15, 0.2) is 60.1 Å². The molecule has 4 rings (SSSR count). The second-order valence-corrected chi connectivity index (χ2v) is 6.11. The van der Waals surface area contributed by atoms with Crippen molar-refractivity contribution in [3.05, 3.63) is 71.0 Å². The first-order chi connectivity index (χ1) is 11.7. The second kappa shape index (κ2) is 5.78. The van der Waals surface area contributed by atoms with Crippen LogP contribution in [-0.4, -0.2) is 15.9 Å². The van der Waals surface area contributed by atoms with Crippen LogP contribution >= 0.6 is 11.3 Å². The Morgan fingerprint density at radius 2 is 2.12 bits per heavy atom. The van der Waals surface area contributed by atoms with E-state index in [1.54, 1.807) is 35.6 Å². The van der Waals surface area contributed by atoms with Gasteiger partial charge in [-0.1, -0.05) is 6.07 Å². The monoisotopic (exact) mass is 336 g/mol. The molecule has 0 saturated carbocycles. The SMILES string of the molecule is O=C(Nc1ccc2nc(-c3cccs3)[nH]c2c1)c1cccc[n+]1[O-]. The zero-order valence-electron chi connectivity index (χ0n) is 12.4. The molecule has 0 bridgehead atoms. The molecular formula is C17H12N4O2S. The van der Waals surface area contributed by atoms with Crippen molar-refractivity contribution in [1.82, 2.24) is 9.97 Å². The van der Waals surface area contributed by atoms with Crippen LogP contribution in [0.3, 0.4) is 0 Å². The Balaban J connectivity index is 1.63. The van der Waals surface area contributed by atoms with Gasteiger partial charge in [-0.2, -0.15) is 4.73 Å². The Bertz CT molecular complexity index is 1020. The van der Waals surface area contributed by atoms with E-state index in [0.717, 1.165) is 21.7 Å². The average molecular weight is 336 g/mol. The molecule has 0 atom stereocenters. The van der Waals surface area contributed by atoms with Crippen LogP contribution < -0.4 is 10.0 Å². The molecule has 0 spiro atoms. The molecule has 1 amide bonds. The van der Waals surface area contributed by atoms with Gasteiger partial charge in [0.05, 0.1) is 15.9 Å². The number of nitrogens with one attached hydrogen (secondary N) is 2. The van der Waals surface area contributed by atoms with Crippen LogP contribution in [0, 0.1) is 5.21 Å². The van der Waals surface area contributed by atoms with Gasteiger partial charge in [0.1, 0.15) is 5.82 Å². The molecule has 4 aromatic rings. The van der Waals surface area contributed by atoms with E-state index in [1.165, 1.54) is 12.3 Å². The van der Waals surface area contributed by atoms with E-state index < -0.39 is 5.91 Å². The molecule has 2 N–H and O–H groups in total. The number of imidazole rings is 1. The van der Waals surface area contributed by atoms with Crippen molar-refractivity contribution in [3.8, 4) is 10.7 Å². The Kier molecular flexibility index (Phi) is 3.47. The molecule has 0 radical (unpaired) electrons. The third-order valence-corrected chi connectivity index (χ3v) is 4.43. The van der Waals surface area contributed by atoms with Gasteiger partial charge in [-0.05, 0) is 35.7 Å². The summed E-state index contributed by atoms with van der Waals surface area (Å²) in [5.41, 5.74) is 2.27. The summed E-state index contributed by atoms with van der Waals surface area (Å²) < 4.78 is 0.541. The smallest absolute Gasteiger partial charge is 0.321 e. The van der Waals surface area contributed by atoms with E-state index in [2.05, 4.69) is 15.3 Å². The quantitative estimate of drug-likeness (QED) is 0.445. The topological polar surface area (TPSA) is 84.7 Å². The molecule has 1 aromatic carbocycles. The summed E-state index contributed by atoms with van der Waals surface area (Å²) in [5.74, 6) is 0.340.